The van der Waals surface area contributed by atoms with Crippen molar-refractivity contribution in [1.82, 2.24) is 9.88 Å². The molecule has 6 nitrogen and oxygen atoms in total. The van der Waals surface area contributed by atoms with Crippen molar-refractivity contribution in [3.63, 3.8) is 0 Å². The summed E-state index contributed by atoms with van der Waals surface area (Å²) in [6, 6.07) is 16.4. The van der Waals surface area contributed by atoms with Crippen LogP contribution in [0.5, 0.6) is 5.75 Å². The van der Waals surface area contributed by atoms with Gasteiger partial charge in [0.2, 0.25) is 5.91 Å². The fraction of sp³-hybridized carbons (Fsp3) is 0.296. The molecule has 1 spiro atoms. The van der Waals surface area contributed by atoms with Crippen molar-refractivity contribution < 1.29 is 32.2 Å². The molecule has 184 valence electrons. The molecule has 2 aliphatic heterocycles. The van der Waals surface area contributed by atoms with Crippen molar-refractivity contribution in [3.8, 4) is 17.0 Å². The van der Waals surface area contributed by atoms with Gasteiger partial charge in [-0.2, -0.15) is 0 Å². The summed E-state index contributed by atoms with van der Waals surface area (Å²) in [4.78, 5) is 32.2. The maximum absolute atomic E-state index is 13.6. The fourth-order valence-electron chi connectivity index (χ4n) is 5.36. The van der Waals surface area contributed by atoms with E-state index < -0.39 is 17.4 Å². The van der Waals surface area contributed by atoms with Gasteiger partial charge in [0.25, 0.3) is 0 Å². The SMILES string of the molecule is O=C1O[C@]2(CCN(C(=O)C3(c4ccc(-c5cccc(OC(F)(F)F)c5)nc4)CC3)C2)c2ccccc21. The Balaban J connectivity index is 1.21. The number of carbonyl (C=O) groups is 2. The van der Waals surface area contributed by atoms with Crippen LogP contribution in [0.4, 0.5) is 13.2 Å². The monoisotopic (exact) mass is 494 g/mol. The molecule has 2 fully saturated rings. The third-order valence-electron chi connectivity index (χ3n) is 7.28. The second kappa shape index (κ2) is 7.81. The number of likely N-dealkylation sites (tertiary alicyclic amines) is 1. The lowest BCUT2D eigenvalue weighted by molar-refractivity contribution is -0.274. The van der Waals surface area contributed by atoms with Crippen molar-refractivity contribution in [1.29, 1.82) is 0 Å². The third-order valence-corrected chi connectivity index (χ3v) is 7.28. The topological polar surface area (TPSA) is 68.7 Å². The molecule has 1 aliphatic carbocycles. The minimum absolute atomic E-state index is 0.0186. The second-order valence-electron chi connectivity index (χ2n) is 9.50. The molecule has 9 heteroatoms. The number of amides is 1. The summed E-state index contributed by atoms with van der Waals surface area (Å²) in [5.74, 6) is -0.697. The normalized spacial score (nSPS) is 21.9. The molecular formula is C27H21F3N2O4. The van der Waals surface area contributed by atoms with Crippen LogP contribution in [0.3, 0.4) is 0 Å². The lowest BCUT2D eigenvalue weighted by atomic mass is 9.91. The molecule has 0 radical (unpaired) electrons. The third kappa shape index (κ3) is 3.70. The van der Waals surface area contributed by atoms with Gasteiger partial charge in [-0.15, -0.1) is 13.2 Å². The fourth-order valence-corrected chi connectivity index (χ4v) is 5.36. The molecule has 2 aromatic carbocycles. The zero-order valence-electron chi connectivity index (χ0n) is 19.0. The Kier molecular flexibility index (Phi) is 4.90. The number of pyridine rings is 1. The molecule has 3 aromatic rings. The quantitative estimate of drug-likeness (QED) is 0.479. The predicted molar refractivity (Wildman–Crippen MR) is 122 cm³/mol. The molecule has 3 heterocycles. The minimum Gasteiger partial charge on any atom is -0.449 e. The van der Waals surface area contributed by atoms with E-state index in [4.69, 9.17) is 4.74 Å². The number of alkyl halides is 3. The number of hydrogen-bond acceptors (Lipinski definition) is 5. The maximum Gasteiger partial charge on any atom is 0.573 e. The van der Waals surface area contributed by atoms with E-state index in [0.717, 1.165) is 11.1 Å². The molecule has 6 rings (SSSR count). The Morgan fingerprint density at radius 2 is 1.83 bits per heavy atom. The largest absolute Gasteiger partial charge is 0.573 e. The van der Waals surface area contributed by atoms with E-state index in [9.17, 15) is 22.8 Å². The molecule has 1 saturated carbocycles. The number of carbonyl (C=O) groups excluding carboxylic acids is 2. The van der Waals surface area contributed by atoms with Crippen LogP contribution >= 0.6 is 0 Å². The summed E-state index contributed by atoms with van der Waals surface area (Å²) < 4.78 is 47.5. The minimum atomic E-state index is -4.78. The van der Waals surface area contributed by atoms with Crippen LogP contribution in [0.1, 0.15) is 40.7 Å². The lowest BCUT2D eigenvalue weighted by Crippen LogP contribution is -2.40. The molecule has 0 N–H and O–H groups in total. The second-order valence-corrected chi connectivity index (χ2v) is 9.50. The summed E-state index contributed by atoms with van der Waals surface area (Å²) in [5, 5.41) is 0. The van der Waals surface area contributed by atoms with Gasteiger partial charge < -0.3 is 14.4 Å². The molecule has 0 bridgehead atoms. The van der Waals surface area contributed by atoms with Gasteiger partial charge in [-0.3, -0.25) is 9.78 Å². The van der Waals surface area contributed by atoms with E-state index in [1.54, 1.807) is 41.4 Å². The van der Waals surface area contributed by atoms with E-state index in [0.29, 0.717) is 49.2 Å². The Hall–Kier alpha value is -3.88. The van der Waals surface area contributed by atoms with Crippen molar-refractivity contribution in [2.24, 2.45) is 0 Å². The summed E-state index contributed by atoms with van der Waals surface area (Å²) in [6.07, 6.45) is -1.25. The van der Waals surface area contributed by atoms with Crippen molar-refractivity contribution in [3.05, 3.63) is 83.6 Å². The highest BCUT2D eigenvalue weighted by Gasteiger charge is 2.57. The Morgan fingerprint density at radius 1 is 1.03 bits per heavy atom. The van der Waals surface area contributed by atoms with Gasteiger partial charge in [-0.05, 0) is 42.7 Å². The van der Waals surface area contributed by atoms with E-state index in [2.05, 4.69) is 9.72 Å². The maximum atomic E-state index is 13.6. The molecule has 1 aromatic heterocycles. The van der Waals surface area contributed by atoms with Crippen LogP contribution in [0.2, 0.25) is 0 Å². The van der Waals surface area contributed by atoms with Crippen molar-refractivity contribution >= 4 is 11.9 Å². The van der Waals surface area contributed by atoms with Gasteiger partial charge in [0.1, 0.15) is 5.75 Å². The van der Waals surface area contributed by atoms with Crippen LogP contribution in [0.15, 0.2) is 66.9 Å². The van der Waals surface area contributed by atoms with Gasteiger partial charge >= 0.3 is 12.3 Å². The number of ether oxygens (including phenoxy) is 2. The number of fused-ring (bicyclic) bond motifs is 2. The molecule has 1 amide bonds. The highest BCUT2D eigenvalue weighted by Crippen LogP contribution is 2.52. The molecule has 0 unspecified atom stereocenters. The zero-order valence-corrected chi connectivity index (χ0v) is 19.0. The zero-order chi connectivity index (χ0) is 25.1. The van der Waals surface area contributed by atoms with E-state index in [-0.39, 0.29) is 17.6 Å². The number of nitrogens with zero attached hydrogens (tertiary/aromatic N) is 2. The lowest BCUT2D eigenvalue weighted by Gasteiger charge is -2.26. The average molecular weight is 494 g/mol. The first kappa shape index (κ1) is 22.6. The van der Waals surface area contributed by atoms with Crippen LogP contribution in [0.25, 0.3) is 11.3 Å². The highest BCUT2D eigenvalue weighted by molar-refractivity contribution is 5.96. The van der Waals surface area contributed by atoms with Gasteiger partial charge in [0.05, 0.1) is 23.2 Å². The van der Waals surface area contributed by atoms with Gasteiger partial charge in [-0.1, -0.05) is 36.4 Å². The number of esters is 1. The number of rotatable bonds is 4. The van der Waals surface area contributed by atoms with Crippen LogP contribution in [-0.2, 0) is 20.5 Å². The Morgan fingerprint density at radius 3 is 2.56 bits per heavy atom. The van der Waals surface area contributed by atoms with Crippen LogP contribution in [-0.4, -0.2) is 41.2 Å². The molecular weight excluding hydrogens is 473 g/mol. The summed E-state index contributed by atoms with van der Waals surface area (Å²) in [5.41, 5.74) is 1.62. The summed E-state index contributed by atoms with van der Waals surface area (Å²) in [6.45, 7) is 0.799. The van der Waals surface area contributed by atoms with E-state index in [1.165, 1.54) is 18.2 Å². The van der Waals surface area contributed by atoms with E-state index in [1.807, 2.05) is 12.1 Å². The number of hydrogen-bond donors (Lipinski definition) is 0. The number of benzene rings is 2. The summed E-state index contributed by atoms with van der Waals surface area (Å²) in [7, 11) is 0. The predicted octanol–water partition coefficient (Wildman–Crippen LogP) is 4.98. The first-order valence-corrected chi connectivity index (χ1v) is 11.6. The van der Waals surface area contributed by atoms with Crippen LogP contribution in [0, 0.1) is 0 Å². The van der Waals surface area contributed by atoms with Crippen LogP contribution < -0.4 is 4.74 Å². The van der Waals surface area contributed by atoms with Gasteiger partial charge in [0, 0.05) is 30.3 Å². The molecule has 1 atom stereocenters. The Bertz CT molecular complexity index is 1370. The average Bonchev–Trinajstić information content (AvgIpc) is 3.49. The standard InChI is InChI=1S/C27H21F3N2O4/c28-27(29,30)35-19-5-3-4-17(14-19)22-9-8-18(15-31-22)25(10-11-25)24(34)32-13-12-26(16-32)21-7-2-1-6-20(21)23(33)36-26/h1-9,14-15H,10-13,16H2/t26-/m0/s1. The Labute approximate surface area is 204 Å². The number of halogens is 3. The van der Waals surface area contributed by atoms with Gasteiger partial charge in [0.15, 0.2) is 5.60 Å². The number of aromatic nitrogens is 1. The summed E-state index contributed by atoms with van der Waals surface area (Å²) >= 11 is 0. The van der Waals surface area contributed by atoms with Gasteiger partial charge in [-0.25, -0.2) is 4.79 Å². The van der Waals surface area contributed by atoms with Crippen molar-refractivity contribution in [2.75, 3.05) is 13.1 Å². The highest BCUT2D eigenvalue weighted by atomic mass is 19.4. The van der Waals surface area contributed by atoms with Crippen molar-refractivity contribution in [2.45, 2.75) is 36.6 Å². The molecule has 36 heavy (non-hydrogen) atoms. The first-order chi connectivity index (χ1) is 17.2. The molecule has 3 aliphatic rings. The van der Waals surface area contributed by atoms with E-state index >= 15 is 0 Å². The smallest absolute Gasteiger partial charge is 0.449 e. The molecule has 1 saturated heterocycles. The first-order valence-electron chi connectivity index (χ1n) is 11.6.